The maximum Gasteiger partial charge on any atom is 0.167 e. The van der Waals surface area contributed by atoms with Gasteiger partial charge in [0.25, 0.3) is 0 Å². The minimum atomic E-state index is -1.16. The molecule has 0 spiro atoms. The topological polar surface area (TPSA) is 145 Å². The van der Waals surface area contributed by atoms with E-state index in [0.717, 1.165) is 17.0 Å². The zero-order valence-electron chi connectivity index (χ0n) is 18.1. The van der Waals surface area contributed by atoms with Gasteiger partial charge in [0, 0.05) is 12.7 Å². The van der Waals surface area contributed by atoms with Gasteiger partial charge in [-0.3, -0.25) is 4.57 Å². The number of aromatic nitrogens is 7. The summed E-state index contributed by atoms with van der Waals surface area (Å²) in [5.74, 6) is 1.34. The average Bonchev–Trinajstić information content (AvgIpc) is 3.52. The number of anilines is 1. The number of aliphatic hydroxyl groups excluding tert-OH is 2. The van der Waals surface area contributed by atoms with Gasteiger partial charge in [-0.05, 0) is 24.6 Å². The van der Waals surface area contributed by atoms with Crippen LogP contribution in [0.5, 0.6) is 5.75 Å². The summed E-state index contributed by atoms with van der Waals surface area (Å²) in [5.41, 5.74) is 2.82. The lowest BCUT2D eigenvalue weighted by Crippen LogP contribution is -2.33. The van der Waals surface area contributed by atoms with E-state index in [4.69, 9.17) is 9.47 Å². The zero-order valence-corrected chi connectivity index (χ0v) is 18.1. The van der Waals surface area contributed by atoms with E-state index in [0.29, 0.717) is 23.5 Å². The second kappa shape index (κ2) is 8.73. The van der Waals surface area contributed by atoms with Crippen LogP contribution in [0.15, 0.2) is 43.1 Å². The Balaban J connectivity index is 1.34. The van der Waals surface area contributed by atoms with E-state index in [1.54, 1.807) is 22.6 Å². The normalized spacial score (nSPS) is 22.7. The number of rotatable bonds is 7. The van der Waals surface area contributed by atoms with Crippen molar-refractivity contribution in [3.05, 3.63) is 54.4 Å². The molecule has 3 aromatic heterocycles. The van der Waals surface area contributed by atoms with Gasteiger partial charge in [0.1, 0.15) is 30.4 Å². The number of hydrogen-bond acceptors (Lipinski definition) is 10. The number of nitrogens with zero attached hydrogens (tertiary/aromatic N) is 7. The molecule has 3 N–H and O–H groups in total. The molecule has 172 valence electrons. The number of ether oxygens (including phenoxy) is 2. The molecule has 12 heteroatoms. The third-order valence-electron chi connectivity index (χ3n) is 5.61. The predicted octanol–water partition coefficient (Wildman–Crippen LogP) is 0.666. The lowest BCUT2D eigenvalue weighted by atomic mass is 10.1. The van der Waals surface area contributed by atoms with E-state index in [1.165, 1.54) is 12.7 Å². The van der Waals surface area contributed by atoms with Crippen LogP contribution in [0.1, 0.15) is 17.5 Å². The van der Waals surface area contributed by atoms with E-state index in [1.807, 2.05) is 31.2 Å². The molecule has 1 aromatic carbocycles. The molecule has 4 atom stereocenters. The van der Waals surface area contributed by atoms with Crippen molar-refractivity contribution < 1.29 is 19.7 Å². The Morgan fingerprint density at radius 2 is 1.94 bits per heavy atom. The molecule has 0 radical (unpaired) electrons. The van der Waals surface area contributed by atoms with Crippen molar-refractivity contribution in [2.75, 3.05) is 12.4 Å². The van der Waals surface area contributed by atoms with Gasteiger partial charge in [-0.1, -0.05) is 17.3 Å². The third kappa shape index (κ3) is 4.11. The molecular formula is C21H24N8O4. The summed E-state index contributed by atoms with van der Waals surface area (Å²) in [5, 5.41) is 32.4. The van der Waals surface area contributed by atoms with Gasteiger partial charge in [0.05, 0.1) is 25.7 Å². The fourth-order valence-corrected chi connectivity index (χ4v) is 3.88. The van der Waals surface area contributed by atoms with Gasteiger partial charge in [-0.25, -0.2) is 19.6 Å². The molecule has 1 aliphatic rings. The maximum atomic E-state index is 10.7. The lowest BCUT2D eigenvalue weighted by Gasteiger charge is -2.16. The molecule has 0 bridgehead atoms. The molecule has 1 aliphatic heterocycles. The minimum Gasteiger partial charge on any atom is -0.497 e. The molecule has 0 saturated carbocycles. The fourth-order valence-electron chi connectivity index (χ4n) is 3.88. The molecule has 1 saturated heterocycles. The number of imidazole rings is 1. The SMILES string of the molecule is COc1ccc(CNc2ncnc3c2ncn3[C@@H]2O[C@H](Cn3cc(C)nn3)C(O)[C@@H]2O)cc1. The van der Waals surface area contributed by atoms with Crippen molar-refractivity contribution in [2.24, 2.45) is 0 Å². The molecule has 33 heavy (non-hydrogen) atoms. The molecule has 5 rings (SSSR count). The molecule has 1 unspecified atom stereocenters. The maximum absolute atomic E-state index is 10.7. The summed E-state index contributed by atoms with van der Waals surface area (Å²) in [6.45, 7) is 2.61. The zero-order chi connectivity index (χ0) is 22.9. The molecule has 4 heterocycles. The summed E-state index contributed by atoms with van der Waals surface area (Å²) in [7, 11) is 1.63. The number of hydrogen-bond donors (Lipinski definition) is 3. The van der Waals surface area contributed by atoms with Crippen LogP contribution in [-0.2, 0) is 17.8 Å². The Kier molecular flexibility index (Phi) is 5.62. The summed E-state index contributed by atoms with van der Waals surface area (Å²) in [4.78, 5) is 13.1. The Labute approximate surface area is 188 Å². The van der Waals surface area contributed by atoms with Gasteiger partial charge in [-0.2, -0.15) is 0 Å². The highest BCUT2D eigenvalue weighted by molar-refractivity contribution is 5.82. The van der Waals surface area contributed by atoms with Crippen molar-refractivity contribution in [3.63, 3.8) is 0 Å². The Morgan fingerprint density at radius 1 is 1.12 bits per heavy atom. The van der Waals surface area contributed by atoms with Crippen LogP contribution in [0.3, 0.4) is 0 Å². The van der Waals surface area contributed by atoms with E-state index < -0.39 is 24.5 Å². The summed E-state index contributed by atoms with van der Waals surface area (Å²) in [6.07, 6.45) is 0.900. The first-order valence-electron chi connectivity index (χ1n) is 10.5. The van der Waals surface area contributed by atoms with Gasteiger partial charge < -0.3 is 25.0 Å². The van der Waals surface area contributed by atoms with E-state index in [-0.39, 0.29) is 6.54 Å². The van der Waals surface area contributed by atoms with Crippen molar-refractivity contribution in [3.8, 4) is 5.75 Å². The number of aliphatic hydroxyl groups is 2. The smallest absolute Gasteiger partial charge is 0.167 e. The van der Waals surface area contributed by atoms with Gasteiger partial charge >= 0.3 is 0 Å². The van der Waals surface area contributed by atoms with Crippen molar-refractivity contribution in [1.29, 1.82) is 0 Å². The van der Waals surface area contributed by atoms with E-state index in [2.05, 4.69) is 30.6 Å². The molecular weight excluding hydrogens is 428 g/mol. The first kappa shape index (κ1) is 21.2. The van der Waals surface area contributed by atoms with Gasteiger partial charge in [0.15, 0.2) is 23.2 Å². The van der Waals surface area contributed by atoms with Gasteiger partial charge in [0.2, 0.25) is 0 Å². The van der Waals surface area contributed by atoms with Gasteiger partial charge in [-0.15, -0.1) is 5.10 Å². The summed E-state index contributed by atoms with van der Waals surface area (Å²) >= 11 is 0. The molecule has 4 aromatic rings. The first-order valence-corrected chi connectivity index (χ1v) is 10.5. The lowest BCUT2D eigenvalue weighted by molar-refractivity contribution is -0.0403. The van der Waals surface area contributed by atoms with Crippen LogP contribution in [0.2, 0.25) is 0 Å². The highest BCUT2D eigenvalue weighted by atomic mass is 16.6. The Hall–Kier alpha value is -3.61. The number of nitrogens with one attached hydrogen (secondary N) is 1. The third-order valence-corrected chi connectivity index (χ3v) is 5.61. The minimum absolute atomic E-state index is 0.256. The van der Waals surface area contributed by atoms with Crippen molar-refractivity contribution in [2.45, 2.75) is 44.6 Å². The van der Waals surface area contributed by atoms with Crippen LogP contribution >= 0.6 is 0 Å². The monoisotopic (exact) mass is 452 g/mol. The van der Waals surface area contributed by atoms with E-state index in [9.17, 15) is 10.2 Å². The molecule has 0 aliphatic carbocycles. The van der Waals surface area contributed by atoms with Crippen LogP contribution in [0.4, 0.5) is 5.82 Å². The number of methoxy groups -OCH3 is 1. The highest BCUT2D eigenvalue weighted by Crippen LogP contribution is 2.33. The first-order chi connectivity index (χ1) is 16.0. The van der Waals surface area contributed by atoms with E-state index >= 15 is 0 Å². The van der Waals surface area contributed by atoms with Crippen LogP contribution in [-0.4, -0.2) is 70.1 Å². The Morgan fingerprint density at radius 3 is 2.67 bits per heavy atom. The Bertz CT molecular complexity index is 1240. The van der Waals surface area contributed by atoms with Crippen molar-refractivity contribution >= 4 is 17.0 Å². The quantitative estimate of drug-likeness (QED) is 0.366. The van der Waals surface area contributed by atoms with Crippen LogP contribution < -0.4 is 10.1 Å². The number of aryl methyl sites for hydroxylation is 1. The number of fused-ring (bicyclic) bond motifs is 1. The molecule has 12 nitrogen and oxygen atoms in total. The highest BCUT2D eigenvalue weighted by Gasteiger charge is 2.44. The predicted molar refractivity (Wildman–Crippen MR) is 116 cm³/mol. The fraction of sp³-hybridized carbons (Fsp3) is 0.381. The van der Waals surface area contributed by atoms with Crippen LogP contribution in [0.25, 0.3) is 11.2 Å². The molecule has 1 fully saturated rings. The number of benzene rings is 1. The summed E-state index contributed by atoms with van der Waals surface area (Å²) < 4.78 is 14.4. The van der Waals surface area contributed by atoms with Crippen molar-refractivity contribution in [1.82, 2.24) is 34.5 Å². The van der Waals surface area contributed by atoms with Crippen LogP contribution in [0, 0.1) is 6.92 Å². The second-order valence-electron chi connectivity index (χ2n) is 7.88. The average molecular weight is 452 g/mol. The largest absolute Gasteiger partial charge is 0.497 e. The molecule has 0 amide bonds. The standard InChI is InChI=1S/C21H24N8O4/c1-12-8-28(27-26-12)9-15-17(30)18(31)21(33-15)29-11-25-16-19(23-10-24-20(16)29)22-7-13-3-5-14(32-2)6-4-13/h3-6,8,10-11,15,17-18,21,30-31H,7,9H2,1-2H3,(H,22,23,24)/t15-,17?,18+,21-/m1/s1. The second-order valence-corrected chi connectivity index (χ2v) is 7.88. The summed E-state index contributed by atoms with van der Waals surface area (Å²) in [6, 6.07) is 7.71.